The molecular formula is H3CuInS2. The predicted molar refractivity (Wildman–Crippen MR) is 25.1 cm³/mol. The van der Waals surface area contributed by atoms with Crippen LogP contribution in [0.5, 0.6) is 0 Å². The third kappa shape index (κ3) is 9.16. The van der Waals surface area contributed by atoms with E-state index in [1.807, 2.05) is 0 Å². The summed E-state index contributed by atoms with van der Waals surface area (Å²) in [5.41, 5.74) is 0. The van der Waals surface area contributed by atoms with E-state index in [1.165, 1.54) is 0 Å². The second kappa shape index (κ2) is 8.85. The van der Waals surface area contributed by atoms with Crippen molar-refractivity contribution in [2.45, 2.75) is 0 Å². The average molecular weight is 246 g/mol. The van der Waals surface area contributed by atoms with Gasteiger partial charge in [-0.25, -0.2) is 0 Å². The minimum absolute atomic E-state index is 0. The maximum atomic E-state index is 4.11. The van der Waals surface area contributed by atoms with Crippen molar-refractivity contribution in [1.29, 1.82) is 0 Å². The molecule has 0 heterocycles. The van der Waals surface area contributed by atoms with Crippen molar-refractivity contribution in [1.82, 2.24) is 0 Å². The van der Waals surface area contributed by atoms with E-state index in [0.717, 1.165) is 11.7 Å². The van der Waals surface area contributed by atoms with Crippen molar-refractivity contribution < 1.29 is 11.7 Å². The molecule has 0 saturated carbocycles. The summed E-state index contributed by atoms with van der Waals surface area (Å²) in [6, 6.07) is 0. The Morgan fingerprint density at radius 1 is 1.25 bits per heavy atom. The van der Waals surface area contributed by atoms with Crippen LogP contribution in [0.25, 0.3) is 0 Å². The first kappa shape index (κ1) is 9.27. The summed E-state index contributed by atoms with van der Waals surface area (Å²) in [6.07, 6.45) is 0. The van der Waals surface area contributed by atoms with Crippen LogP contribution in [0.1, 0.15) is 0 Å². The van der Waals surface area contributed by atoms with Gasteiger partial charge in [-0.1, -0.05) is 0 Å². The number of hydrogen-bond donors (Lipinski definition) is 0. The second-order valence-electron chi connectivity index (χ2n) is 0.0503. The Labute approximate surface area is 58.0 Å². The van der Waals surface area contributed by atoms with Crippen molar-refractivity contribution >= 4 is 46.9 Å². The molecule has 0 unspecified atom stereocenters. The topological polar surface area (TPSA) is 0 Å². The molecule has 4 heteroatoms. The molecule has 0 nitrogen and oxygen atoms in total. The van der Waals surface area contributed by atoms with E-state index < -0.39 is 0 Å². The van der Waals surface area contributed by atoms with E-state index in [-0.39, 0.29) is 25.8 Å². The first-order valence-electron chi connectivity index (χ1n) is 0.246. The van der Waals surface area contributed by atoms with Gasteiger partial charge in [-0.2, -0.15) is 0 Å². The number of rotatable bonds is 0. The van der Waals surface area contributed by atoms with Crippen LogP contribution in [0.3, 0.4) is 0 Å². The Hall–Kier alpha value is 1.83. The zero-order valence-electron chi connectivity index (χ0n) is 1.12. The van der Waals surface area contributed by atoms with Gasteiger partial charge in [0.25, 0.3) is 0 Å². The van der Waals surface area contributed by atoms with E-state index in [9.17, 15) is 0 Å². The van der Waals surface area contributed by atoms with Crippen molar-refractivity contribution in [2.75, 3.05) is 0 Å². The van der Waals surface area contributed by atoms with Gasteiger partial charge in [0.2, 0.25) is 0 Å². The Balaban J connectivity index is 0. The summed E-state index contributed by atoms with van der Waals surface area (Å²) in [7, 11) is 8.23. The zero-order chi connectivity index (χ0) is 2.71. The fraction of sp³-hybridized carbons (Fsp3) is 0. The normalized spacial score (nSPS) is 5.00. The Kier molecular flexibility index (Phi) is 20.5. The summed E-state index contributed by atoms with van der Waals surface area (Å²) in [6.45, 7) is 0. The molecule has 0 fully saturated rings. The molecule has 0 aromatic carbocycles. The van der Waals surface area contributed by atoms with Crippen LogP contribution in [0.4, 0.5) is 0 Å². The fourth-order valence-corrected chi connectivity index (χ4v) is 0. The van der Waals surface area contributed by atoms with E-state index in [1.54, 1.807) is 0 Å². The molecule has 0 aliphatic rings. The predicted octanol–water partition coefficient (Wildman–Crippen LogP) is 0.110. The van der Waals surface area contributed by atoms with Crippen LogP contribution in [0.15, 0.2) is 0 Å². The van der Waals surface area contributed by atoms with Crippen molar-refractivity contribution in [2.24, 2.45) is 0 Å². The second-order valence-corrected chi connectivity index (χ2v) is 1.86. The van der Waals surface area contributed by atoms with Gasteiger partial charge in [0.15, 0.2) is 0 Å². The first-order valence-corrected chi connectivity index (χ1v) is 3.05. The molecule has 0 spiro atoms. The quantitative estimate of drug-likeness (QED) is 0.556. The average Bonchev–Trinajstić information content (AvgIpc) is 0.918. The third-order valence-electron chi connectivity index (χ3n) is 0. The molecule has 0 aromatic heterocycles. The standard InChI is InChI=1S/Cu.In.2S.3H. The van der Waals surface area contributed by atoms with E-state index in [4.69, 9.17) is 0 Å². The first-order chi connectivity index (χ1) is 1.41. The van der Waals surface area contributed by atoms with Gasteiger partial charge in [-0.15, -0.1) is 0 Å². The molecule has 0 aliphatic carbocycles. The summed E-state index contributed by atoms with van der Waals surface area (Å²) >= 11 is 0.979. The van der Waals surface area contributed by atoms with Crippen LogP contribution < -0.4 is 0 Å². The van der Waals surface area contributed by atoms with Crippen LogP contribution in [-0.4, -0.2) is 25.8 Å². The molecule has 0 amide bonds. The van der Waals surface area contributed by atoms with Gasteiger partial charge in [0.1, 0.15) is 0 Å². The van der Waals surface area contributed by atoms with E-state index >= 15 is 0 Å². The summed E-state index contributed by atoms with van der Waals surface area (Å²) in [5.74, 6) is 0. The summed E-state index contributed by atoms with van der Waals surface area (Å²) in [5, 5.41) is 0. The van der Waals surface area contributed by atoms with Gasteiger partial charge >= 0.3 is 58.6 Å². The van der Waals surface area contributed by atoms with Gasteiger partial charge in [-0.3, -0.25) is 0 Å². The van der Waals surface area contributed by atoms with Crippen LogP contribution in [-0.2, 0) is 11.7 Å². The van der Waals surface area contributed by atoms with E-state index in [2.05, 4.69) is 21.1 Å². The van der Waals surface area contributed by atoms with Crippen molar-refractivity contribution in [3.8, 4) is 0 Å². The van der Waals surface area contributed by atoms with Crippen molar-refractivity contribution in [3.05, 3.63) is 0 Å². The summed E-state index contributed by atoms with van der Waals surface area (Å²) in [4.78, 5) is 0. The molecule has 0 saturated heterocycles. The Morgan fingerprint density at radius 2 is 1.25 bits per heavy atom. The molecule has 0 radical (unpaired) electrons. The monoisotopic (exact) mass is 245 g/mol. The molecule has 0 atom stereocenters. The molecule has 0 aliphatic heterocycles. The minimum atomic E-state index is 0. The molecule has 0 rings (SSSR count). The van der Waals surface area contributed by atoms with Crippen LogP contribution >= 0.6 is 21.1 Å². The third-order valence-corrected chi connectivity index (χ3v) is 0. The molecule has 29 valence electrons. The summed E-state index contributed by atoms with van der Waals surface area (Å²) < 4.78 is 0. The molecular weight excluding hydrogens is 242 g/mol. The number of hydrogen-bond acceptors (Lipinski definition) is 2. The van der Waals surface area contributed by atoms with Gasteiger partial charge in [0.05, 0.1) is 0 Å². The molecule has 0 bridgehead atoms. The Morgan fingerprint density at radius 3 is 1.25 bits per heavy atom. The molecule has 0 aromatic rings. The Bertz CT molecular complexity index is 27.0. The van der Waals surface area contributed by atoms with Crippen LogP contribution in [0, 0.1) is 0 Å². The zero-order valence-corrected chi connectivity index (χ0v) is 3.69. The maximum absolute atomic E-state index is 4.11. The SMILES string of the molecule is [InH3].[S]=[Cu]=[S]. The van der Waals surface area contributed by atoms with Gasteiger partial charge < -0.3 is 0 Å². The van der Waals surface area contributed by atoms with E-state index in [0.29, 0.717) is 0 Å². The van der Waals surface area contributed by atoms with Crippen LogP contribution in [0.2, 0.25) is 0 Å². The molecule has 0 N–H and O–H groups in total. The van der Waals surface area contributed by atoms with Crippen molar-refractivity contribution in [3.63, 3.8) is 0 Å². The fourth-order valence-electron chi connectivity index (χ4n) is 0. The molecule has 4 heavy (non-hydrogen) atoms. The van der Waals surface area contributed by atoms with Gasteiger partial charge in [0, 0.05) is 0 Å². The van der Waals surface area contributed by atoms with Gasteiger partial charge in [-0.05, 0) is 0 Å².